The summed E-state index contributed by atoms with van der Waals surface area (Å²) in [6, 6.07) is 3.60. The Hall–Kier alpha value is -0.350. The first-order valence-corrected chi connectivity index (χ1v) is 5.84. The molecule has 0 N–H and O–H groups in total. The zero-order valence-corrected chi connectivity index (χ0v) is 10.9. The van der Waals surface area contributed by atoms with Gasteiger partial charge in [-0.3, -0.25) is 4.79 Å². The lowest BCUT2D eigenvalue weighted by Crippen LogP contribution is -1.99. The van der Waals surface area contributed by atoms with E-state index in [1.54, 1.807) is 6.07 Å². The van der Waals surface area contributed by atoms with E-state index >= 15 is 0 Å². The molecule has 1 rings (SSSR count). The van der Waals surface area contributed by atoms with Gasteiger partial charge in [-0.2, -0.15) is 0 Å². The van der Waals surface area contributed by atoms with Gasteiger partial charge in [-0.05, 0) is 34.5 Å². The van der Waals surface area contributed by atoms with Crippen LogP contribution in [0, 0.1) is 0 Å². The number of rotatable bonds is 4. The van der Waals surface area contributed by atoms with Gasteiger partial charge >= 0.3 is 0 Å². The SMILES string of the molecule is CCCOc1c(Br)cc(Br)cc1C=O. The predicted molar refractivity (Wildman–Crippen MR) is 63.0 cm³/mol. The monoisotopic (exact) mass is 320 g/mol. The third kappa shape index (κ3) is 2.82. The molecular weight excluding hydrogens is 312 g/mol. The third-order valence-corrected chi connectivity index (χ3v) is 2.66. The van der Waals surface area contributed by atoms with Gasteiger partial charge in [-0.25, -0.2) is 0 Å². The molecule has 0 atom stereocenters. The maximum Gasteiger partial charge on any atom is 0.153 e. The molecule has 0 aliphatic carbocycles. The number of halogens is 2. The molecule has 0 heterocycles. The van der Waals surface area contributed by atoms with E-state index in [-0.39, 0.29) is 0 Å². The summed E-state index contributed by atoms with van der Waals surface area (Å²) in [5, 5.41) is 0. The molecule has 14 heavy (non-hydrogen) atoms. The molecule has 0 aliphatic rings. The maximum atomic E-state index is 10.8. The topological polar surface area (TPSA) is 26.3 Å². The van der Waals surface area contributed by atoms with Crippen LogP contribution >= 0.6 is 31.9 Å². The molecule has 0 unspecified atom stereocenters. The first-order valence-electron chi connectivity index (χ1n) is 4.26. The van der Waals surface area contributed by atoms with Gasteiger partial charge in [-0.1, -0.05) is 22.9 Å². The highest BCUT2D eigenvalue weighted by atomic mass is 79.9. The van der Waals surface area contributed by atoms with E-state index in [1.807, 2.05) is 13.0 Å². The molecule has 0 saturated carbocycles. The minimum absolute atomic E-state index is 0.555. The summed E-state index contributed by atoms with van der Waals surface area (Å²) in [5.74, 6) is 0.616. The van der Waals surface area contributed by atoms with Gasteiger partial charge in [0.15, 0.2) is 6.29 Å². The lowest BCUT2D eigenvalue weighted by Gasteiger charge is -2.09. The van der Waals surface area contributed by atoms with E-state index < -0.39 is 0 Å². The standard InChI is InChI=1S/C10H10Br2O2/c1-2-3-14-10-7(6-13)4-8(11)5-9(10)12/h4-6H,2-3H2,1H3. The number of aldehydes is 1. The number of carbonyl (C=O) groups is 1. The lowest BCUT2D eigenvalue weighted by atomic mass is 10.2. The van der Waals surface area contributed by atoms with Gasteiger partial charge in [-0.15, -0.1) is 0 Å². The molecule has 76 valence electrons. The predicted octanol–water partition coefficient (Wildman–Crippen LogP) is 3.81. The average molecular weight is 322 g/mol. The Bertz CT molecular complexity index is 337. The van der Waals surface area contributed by atoms with Crippen LogP contribution < -0.4 is 4.74 Å². The third-order valence-electron chi connectivity index (χ3n) is 1.61. The first kappa shape index (κ1) is 11.7. The van der Waals surface area contributed by atoms with Crippen LogP contribution in [0.1, 0.15) is 23.7 Å². The highest BCUT2D eigenvalue weighted by Gasteiger charge is 2.08. The van der Waals surface area contributed by atoms with E-state index in [9.17, 15) is 4.79 Å². The van der Waals surface area contributed by atoms with Gasteiger partial charge < -0.3 is 4.74 Å². The highest BCUT2D eigenvalue weighted by molar-refractivity contribution is 9.11. The van der Waals surface area contributed by atoms with Gasteiger partial charge in [0.1, 0.15) is 5.75 Å². The normalized spacial score (nSPS) is 9.93. The maximum absolute atomic E-state index is 10.8. The summed E-state index contributed by atoms with van der Waals surface area (Å²) in [7, 11) is 0. The fourth-order valence-corrected chi connectivity index (χ4v) is 2.40. The van der Waals surface area contributed by atoms with E-state index in [2.05, 4.69) is 31.9 Å². The van der Waals surface area contributed by atoms with Crippen molar-refractivity contribution in [3.05, 3.63) is 26.6 Å². The largest absolute Gasteiger partial charge is 0.492 e. The van der Waals surface area contributed by atoms with Gasteiger partial charge in [0.2, 0.25) is 0 Å². The van der Waals surface area contributed by atoms with Crippen LogP contribution in [0.25, 0.3) is 0 Å². The Morgan fingerprint density at radius 1 is 1.43 bits per heavy atom. The second-order valence-corrected chi connectivity index (χ2v) is 4.54. The zero-order chi connectivity index (χ0) is 10.6. The van der Waals surface area contributed by atoms with Crippen LogP contribution in [0.5, 0.6) is 5.75 Å². The van der Waals surface area contributed by atoms with Crippen molar-refractivity contribution in [2.24, 2.45) is 0 Å². The highest BCUT2D eigenvalue weighted by Crippen LogP contribution is 2.31. The Morgan fingerprint density at radius 2 is 2.14 bits per heavy atom. The van der Waals surface area contributed by atoms with E-state index in [4.69, 9.17) is 4.74 Å². The van der Waals surface area contributed by atoms with Gasteiger partial charge in [0.05, 0.1) is 16.6 Å². The average Bonchev–Trinajstić information content (AvgIpc) is 2.15. The fourth-order valence-electron chi connectivity index (χ4n) is 1.02. The number of hydrogen-bond acceptors (Lipinski definition) is 2. The van der Waals surface area contributed by atoms with Gasteiger partial charge in [0.25, 0.3) is 0 Å². The molecular formula is C10H10Br2O2. The number of carbonyl (C=O) groups excluding carboxylic acids is 1. The van der Waals surface area contributed by atoms with Crippen LogP contribution in [0.2, 0.25) is 0 Å². The Morgan fingerprint density at radius 3 is 2.71 bits per heavy atom. The van der Waals surface area contributed by atoms with E-state index in [1.165, 1.54) is 0 Å². The van der Waals surface area contributed by atoms with E-state index in [0.29, 0.717) is 17.9 Å². The van der Waals surface area contributed by atoms with Crippen molar-refractivity contribution in [2.75, 3.05) is 6.61 Å². The molecule has 0 saturated heterocycles. The summed E-state index contributed by atoms with van der Waals surface area (Å²) in [6.07, 6.45) is 1.71. The second-order valence-electron chi connectivity index (χ2n) is 2.77. The molecule has 0 radical (unpaired) electrons. The minimum Gasteiger partial charge on any atom is -0.492 e. The summed E-state index contributed by atoms with van der Waals surface area (Å²) in [4.78, 5) is 10.8. The summed E-state index contributed by atoms with van der Waals surface area (Å²) >= 11 is 6.67. The van der Waals surface area contributed by atoms with Crippen LogP contribution in [0.4, 0.5) is 0 Å². The van der Waals surface area contributed by atoms with Crippen molar-refractivity contribution in [1.29, 1.82) is 0 Å². The smallest absolute Gasteiger partial charge is 0.153 e. The Kier molecular flexibility index (Phi) is 4.62. The molecule has 1 aromatic rings. The van der Waals surface area contributed by atoms with Crippen molar-refractivity contribution in [3.8, 4) is 5.75 Å². The number of ether oxygens (including phenoxy) is 1. The molecule has 0 amide bonds. The molecule has 0 spiro atoms. The Balaban J connectivity index is 3.05. The van der Waals surface area contributed by atoms with Crippen LogP contribution in [-0.4, -0.2) is 12.9 Å². The fraction of sp³-hybridized carbons (Fsp3) is 0.300. The zero-order valence-electron chi connectivity index (χ0n) is 7.72. The van der Waals surface area contributed by atoms with Crippen molar-refractivity contribution >= 4 is 38.1 Å². The molecule has 0 fully saturated rings. The summed E-state index contributed by atoms with van der Waals surface area (Å²) < 4.78 is 7.11. The van der Waals surface area contributed by atoms with Crippen molar-refractivity contribution in [1.82, 2.24) is 0 Å². The molecule has 2 nitrogen and oxygen atoms in total. The van der Waals surface area contributed by atoms with Crippen LogP contribution in [0.15, 0.2) is 21.1 Å². The van der Waals surface area contributed by atoms with Crippen molar-refractivity contribution in [2.45, 2.75) is 13.3 Å². The second kappa shape index (κ2) is 5.51. The van der Waals surface area contributed by atoms with Crippen molar-refractivity contribution < 1.29 is 9.53 Å². The summed E-state index contributed by atoms with van der Waals surface area (Å²) in [5.41, 5.74) is 0.555. The van der Waals surface area contributed by atoms with Crippen LogP contribution in [0.3, 0.4) is 0 Å². The minimum atomic E-state index is 0.555. The Labute approximate surface area is 99.9 Å². The molecule has 0 aromatic heterocycles. The molecule has 0 bridgehead atoms. The quantitative estimate of drug-likeness (QED) is 0.788. The van der Waals surface area contributed by atoms with Gasteiger partial charge in [0, 0.05) is 4.47 Å². The first-order chi connectivity index (χ1) is 6.69. The number of hydrogen-bond donors (Lipinski definition) is 0. The van der Waals surface area contributed by atoms with E-state index in [0.717, 1.165) is 21.7 Å². The molecule has 0 aliphatic heterocycles. The van der Waals surface area contributed by atoms with Crippen LogP contribution in [-0.2, 0) is 0 Å². The molecule has 1 aromatic carbocycles. The summed E-state index contributed by atoms with van der Waals surface area (Å²) in [6.45, 7) is 2.63. The molecule has 4 heteroatoms. The number of benzene rings is 1. The lowest BCUT2D eigenvalue weighted by molar-refractivity contribution is 0.111. The van der Waals surface area contributed by atoms with Crippen molar-refractivity contribution in [3.63, 3.8) is 0 Å².